The fourth-order valence-corrected chi connectivity index (χ4v) is 1.65. The number of aliphatic carboxylic acids is 1. The van der Waals surface area contributed by atoms with Crippen LogP contribution in [0.3, 0.4) is 0 Å². The van der Waals surface area contributed by atoms with Gasteiger partial charge in [0, 0.05) is 19.5 Å². The average Bonchev–Trinajstić information content (AvgIpc) is 2.44. The minimum atomic E-state index is -1.44. The van der Waals surface area contributed by atoms with E-state index in [-0.39, 0.29) is 19.0 Å². The second kappa shape index (κ2) is 8.92. The number of carbonyl (C=O) groups excluding carboxylic acids is 1. The molecule has 0 unspecified atom stereocenters. The van der Waals surface area contributed by atoms with Crippen LogP contribution >= 0.6 is 0 Å². The second-order valence-corrected chi connectivity index (χ2v) is 4.41. The largest absolute Gasteiger partial charge is 0.479 e. The number of urea groups is 1. The molecule has 2 amide bonds. The molecule has 0 fully saturated rings. The highest BCUT2D eigenvalue weighted by molar-refractivity contribution is 5.74. The molecule has 1 aromatic carbocycles. The van der Waals surface area contributed by atoms with Crippen LogP contribution in [0.25, 0.3) is 0 Å². The van der Waals surface area contributed by atoms with Gasteiger partial charge in [0.2, 0.25) is 0 Å². The van der Waals surface area contributed by atoms with Crippen molar-refractivity contribution in [3.05, 3.63) is 35.9 Å². The molecule has 4 N–H and O–H groups in total. The Morgan fingerprint density at radius 2 is 1.75 bits per heavy atom. The summed E-state index contributed by atoms with van der Waals surface area (Å²) in [5.41, 5.74) is 1.22. The number of carbonyl (C=O) groups is 2. The Labute approximate surface area is 117 Å². The topological polar surface area (TPSA) is 98.7 Å². The summed E-state index contributed by atoms with van der Waals surface area (Å²) in [7, 11) is 0. The van der Waals surface area contributed by atoms with Gasteiger partial charge in [0.05, 0.1) is 0 Å². The number of aliphatic hydroxyl groups is 1. The molecule has 0 saturated carbocycles. The van der Waals surface area contributed by atoms with E-state index in [9.17, 15) is 9.59 Å². The standard InChI is InChI=1S/C14H20N2O4/c17-12(13(18)19)8-10-16-14(20)15-9-4-7-11-5-2-1-3-6-11/h1-3,5-6,12,17H,4,7-10H2,(H,18,19)(H2,15,16,20)/t12-/m0/s1. The van der Waals surface area contributed by atoms with Crippen LogP contribution in [0.4, 0.5) is 4.79 Å². The summed E-state index contributed by atoms with van der Waals surface area (Å²) >= 11 is 0. The number of hydrogen-bond donors (Lipinski definition) is 4. The fourth-order valence-electron chi connectivity index (χ4n) is 1.65. The van der Waals surface area contributed by atoms with Crippen molar-refractivity contribution in [3.8, 4) is 0 Å². The lowest BCUT2D eigenvalue weighted by atomic mass is 10.1. The predicted molar refractivity (Wildman–Crippen MR) is 74.4 cm³/mol. The zero-order valence-corrected chi connectivity index (χ0v) is 11.2. The van der Waals surface area contributed by atoms with Crippen LogP contribution in [-0.2, 0) is 11.2 Å². The van der Waals surface area contributed by atoms with Crippen LogP contribution < -0.4 is 10.6 Å². The minimum Gasteiger partial charge on any atom is -0.479 e. The Morgan fingerprint density at radius 3 is 2.40 bits per heavy atom. The van der Waals surface area contributed by atoms with E-state index in [4.69, 9.17) is 10.2 Å². The second-order valence-electron chi connectivity index (χ2n) is 4.41. The summed E-state index contributed by atoms with van der Waals surface area (Å²) in [6.45, 7) is 0.667. The van der Waals surface area contributed by atoms with Crippen molar-refractivity contribution in [2.24, 2.45) is 0 Å². The summed E-state index contributed by atoms with van der Waals surface area (Å²) in [5, 5.41) is 22.6. The van der Waals surface area contributed by atoms with E-state index in [1.165, 1.54) is 5.56 Å². The van der Waals surface area contributed by atoms with Crippen molar-refractivity contribution in [1.29, 1.82) is 0 Å². The van der Waals surface area contributed by atoms with Gasteiger partial charge in [-0.3, -0.25) is 0 Å². The molecule has 0 aliphatic rings. The molecular weight excluding hydrogens is 260 g/mol. The highest BCUT2D eigenvalue weighted by Gasteiger charge is 2.12. The highest BCUT2D eigenvalue weighted by atomic mass is 16.4. The third-order valence-electron chi connectivity index (χ3n) is 2.76. The summed E-state index contributed by atoms with van der Waals surface area (Å²) < 4.78 is 0. The van der Waals surface area contributed by atoms with E-state index in [2.05, 4.69) is 10.6 Å². The molecule has 1 rings (SSSR count). The molecule has 6 heteroatoms. The zero-order chi connectivity index (χ0) is 14.8. The minimum absolute atomic E-state index is 0.00717. The zero-order valence-electron chi connectivity index (χ0n) is 11.2. The molecule has 0 heterocycles. The predicted octanol–water partition coefficient (Wildman–Crippen LogP) is 0.754. The Hall–Kier alpha value is -2.08. The molecule has 1 aromatic rings. The Morgan fingerprint density at radius 1 is 1.10 bits per heavy atom. The number of carboxylic acid groups (broad SMARTS) is 1. The molecule has 0 saturated heterocycles. The van der Waals surface area contributed by atoms with Gasteiger partial charge in [-0.05, 0) is 18.4 Å². The Bertz CT molecular complexity index is 422. The fraction of sp³-hybridized carbons (Fsp3) is 0.429. The molecule has 0 spiro atoms. The van der Waals surface area contributed by atoms with Crippen LogP contribution in [0.1, 0.15) is 18.4 Å². The van der Waals surface area contributed by atoms with E-state index in [1.807, 2.05) is 30.3 Å². The molecule has 0 aliphatic heterocycles. The molecule has 6 nitrogen and oxygen atoms in total. The summed E-state index contributed by atoms with van der Waals surface area (Å²) in [4.78, 5) is 21.7. The molecule has 20 heavy (non-hydrogen) atoms. The van der Waals surface area contributed by atoms with Gasteiger partial charge >= 0.3 is 12.0 Å². The van der Waals surface area contributed by atoms with Crippen LogP contribution in [0, 0.1) is 0 Å². The van der Waals surface area contributed by atoms with Crippen molar-refractivity contribution in [2.45, 2.75) is 25.4 Å². The van der Waals surface area contributed by atoms with E-state index in [0.717, 1.165) is 12.8 Å². The SMILES string of the molecule is O=C(NCCCc1ccccc1)NCC[C@H](O)C(=O)O. The van der Waals surface area contributed by atoms with E-state index < -0.39 is 12.1 Å². The molecular formula is C14H20N2O4. The number of aryl methyl sites for hydroxylation is 1. The van der Waals surface area contributed by atoms with Gasteiger partial charge in [0.25, 0.3) is 0 Å². The first-order valence-corrected chi connectivity index (χ1v) is 6.56. The van der Waals surface area contributed by atoms with Crippen molar-refractivity contribution in [2.75, 3.05) is 13.1 Å². The molecule has 0 bridgehead atoms. The molecule has 110 valence electrons. The molecule has 0 aliphatic carbocycles. The van der Waals surface area contributed by atoms with Gasteiger partial charge in [-0.2, -0.15) is 0 Å². The number of aliphatic hydroxyl groups excluding tert-OH is 1. The third kappa shape index (κ3) is 6.75. The number of amides is 2. The van der Waals surface area contributed by atoms with Gasteiger partial charge in [0.1, 0.15) is 0 Å². The maximum absolute atomic E-state index is 11.4. The van der Waals surface area contributed by atoms with E-state index in [0.29, 0.717) is 6.54 Å². The maximum Gasteiger partial charge on any atom is 0.332 e. The van der Waals surface area contributed by atoms with Gasteiger partial charge < -0.3 is 20.8 Å². The van der Waals surface area contributed by atoms with Crippen molar-refractivity contribution < 1.29 is 19.8 Å². The lowest BCUT2D eigenvalue weighted by Gasteiger charge is -2.09. The first-order valence-electron chi connectivity index (χ1n) is 6.56. The molecule has 0 radical (unpaired) electrons. The van der Waals surface area contributed by atoms with Crippen molar-refractivity contribution in [1.82, 2.24) is 10.6 Å². The van der Waals surface area contributed by atoms with Gasteiger partial charge in [-0.25, -0.2) is 9.59 Å². The smallest absolute Gasteiger partial charge is 0.332 e. The number of nitrogens with one attached hydrogen (secondary N) is 2. The van der Waals surface area contributed by atoms with E-state index >= 15 is 0 Å². The van der Waals surface area contributed by atoms with Crippen molar-refractivity contribution in [3.63, 3.8) is 0 Å². The van der Waals surface area contributed by atoms with Crippen LogP contribution in [-0.4, -0.2) is 41.4 Å². The average molecular weight is 280 g/mol. The Balaban J connectivity index is 2.04. The van der Waals surface area contributed by atoms with Crippen molar-refractivity contribution >= 4 is 12.0 Å². The number of rotatable bonds is 8. The summed E-state index contributed by atoms with van der Waals surface area (Å²) in [5.74, 6) is -1.28. The normalized spacial score (nSPS) is 11.7. The van der Waals surface area contributed by atoms with Crippen LogP contribution in [0.2, 0.25) is 0 Å². The highest BCUT2D eigenvalue weighted by Crippen LogP contribution is 2.01. The number of hydrogen-bond acceptors (Lipinski definition) is 3. The lowest BCUT2D eigenvalue weighted by molar-refractivity contribution is -0.146. The first-order chi connectivity index (χ1) is 9.59. The van der Waals surface area contributed by atoms with Gasteiger partial charge in [0.15, 0.2) is 6.10 Å². The maximum atomic E-state index is 11.4. The quantitative estimate of drug-likeness (QED) is 0.528. The summed E-state index contributed by atoms with van der Waals surface area (Å²) in [6, 6.07) is 9.63. The van der Waals surface area contributed by atoms with Crippen LogP contribution in [0.5, 0.6) is 0 Å². The number of carboxylic acids is 1. The molecule has 0 aromatic heterocycles. The van der Waals surface area contributed by atoms with Gasteiger partial charge in [-0.1, -0.05) is 30.3 Å². The van der Waals surface area contributed by atoms with Gasteiger partial charge in [-0.15, -0.1) is 0 Å². The first kappa shape index (κ1) is 16.0. The Kier molecular flexibility index (Phi) is 7.13. The molecule has 1 atom stereocenters. The summed E-state index contributed by atoms with van der Waals surface area (Å²) in [6.07, 6.45) is 0.272. The third-order valence-corrected chi connectivity index (χ3v) is 2.76. The number of benzene rings is 1. The van der Waals surface area contributed by atoms with Crippen LogP contribution in [0.15, 0.2) is 30.3 Å². The monoisotopic (exact) mass is 280 g/mol. The van der Waals surface area contributed by atoms with E-state index in [1.54, 1.807) is 0 Å². The lowest BCUT2D eigenvalue weighted by Crippen LogP contribution is -2.38.